The van der Waals surface area contributed by atoms with E-state index in [2.05, 4.69) is 15.4 Å². The first-order valence-electron chi connectivity index (χ1n) is 7.55. The highest BCUT2D eigenvalue weighted by atomic mass is 32.2. The number of benzene rings is 2. The van der Waals surface area contributed by atoms with Gasteiger partial charge in [-0.15, -0.1) is 0 Å². The summed E-state index contributed by atoms with van der Waals surface area (Å²) in [5.41, 5.74) is 2.28. The molecule has 2 amide bonds. The molecule has 1 unspecified atom stereocenters. The molecule has 0 fully saturated rings. The van der Waals surface area contributed by atoms with Crippen LogP contribution in [-0.2, 0) is 10.0 Å². The van der Waals surface area contributed by atoms with Gasteiger partial charge in [-0.1, -0.05) is 12.1 Å². The first-order valence-corrected chi connectivity index (χ1v) is 9.44. The van der Waals surface area contributed by atoms with Crippen LogP contribution in [0.5, 0.6) is 0 Å². The van der Waals surface area contributed by atoms with Gasteiger partial charge in [0.25, 0.3) is 0 Å². The molecule has 0 bridgehead atoms. The average Bonchev–Trinajstić information content (AvgIpc) is 2.48. The van der Waals surface area contributed by atoms with E-state index in [4.69, 9.17) is 0 Å². The molecule has 2 rings (SSSR count). The van der Waals surface area contributed by atoms with Gasteiger partial charge in [0.1, 0.15) is 5.82 Å². The number of nitrogens with one attached hydrogen (secondary N) is 3. The molecule has 2 aromatic carbocycles. The van der Waals surface area contributed by atoms with E-state index in [-0.39, 0.29) is 11.9 Å². The summed E-state index contributed by atoms with van der Waals surface area (Å²) in [6.45, 7) is 3.47. The van der Waals surface area contributed by atoms with E-state index < -0.39 is 16.1 Å². The molecule has 6 nitrogen and oxygen atoms in total. The SMILES string of the molecule is Cc1cc(F)ccc1NC(=O)NC(C)c1cccc(NS(C)(=O)=O)c1. The Morgan fingerprint density at radius 2 is 1.88 bits per heavy atom. The molecule has 0 aliphatic carbocycles. The highest BCUT2D eigenvalue weighted by Gasteiger charge is 2.12. The standard InChI is InChI=1S/C17H20FN3O3S/c1-11-9-14(18)7-8-16(11)20-17(22)19-12(2)13-5-4-6-15(10-13)21-25(3,23)24/h4-10,12,21H,1-3H3,(H2,19,20,22). The fraction of sp³-hybridized carbons (Fsp3) is 0.235. The third-order valence-electron chi connectivity index (χ3n) is 3.47. The van der Waals surface area contributed by atoms with Crippen LogP contribution < -0.4 is 15.4 Å². The molecule has 8 heteroatoms. The average molecular weight is 365 g/mol. The van der Waals surface area contributed by atoms with Crippen molar-refractivity contribution in [3.05, 3.63) is 59.4 Å². The molecule has 0 saturated heterocycles. The van der Waals surface area contributed by atoms with Crippen molar-refractivity contribution in [3.8, 4) is 0 Å². The molecule has 1 atom stereocenters. The minimum Gasteiger partial charge on any atom is -0.331 e. The Morgan fingerprint density at radius 3 is 2.52 bits per heavy atom. The molecule has 0 heterocycles. The van der Waals surface area contributed by atoms with E-state index in [1.807, 2.05) is 0 Å². The Hall–Kier alpha value is -2.61. The van der Waals surface area contributed by atoms with Gasteiger partial charge in [0, 0.05) is 11.4 Å². The number of aryl methyl sites for hydroxylation is 1. The summed E-state index contributed by atoms with van der Waals surface area (Å²) < 4.78 is 38.1. The van der Waals surface area contributed by atoms with Crippen LogP contribution in [0.1, 0.15) is 24.1 Å². The number of anilines is 2. The lowest BCUT2D eigenvalue weighted by Crippen LogP contribution is -2.31. The van der Waals surface area contributed by atoms with Crippen LogP contribution in [0.4, 0.5) is 20.6 Å². The summed E-state index contributed by atoms with van der Waals surface area (Å²) >= 11 is 0. The quantitative estimate of drug-likeness (QED) is 0.759. The van der Waals surface area contributed by atoms with Crippen LogP contribution in [0, 0.1) is 12.7 Å². The minimum absolute atomic E-state index is 0.359. The zero-order chi connectivity index (χ0) is 18.6. The molecule has 25 heavy (non-hydrogen) atoms. The predicted molar refractivity (Wildman–Crippen MR) is 96.6 cm³/mol. The summed E-state index contributed by atoms with van der Waals surface area (Å²) in [4.78, 5) is 12.1. The third kappa shape index (κ3) is 5.75. The van der Waals surface area contributed by atoms with Crippen molar-refractivity contribution in [1.82, 2.24) is 5.32 Å². The van der Waals surface area contributed by atoms with Crippen molar-refractivity contribution < 1.29 is 17.6 Å². The van der Waals surface area contributed by atoms with Crippen LogP contribution in [0.2, 0.25) is 0 Å². The summed E-state index contributed by atoms with van der Waals surface area (Å²) in [6.07, 6.45) is 1.07. The van der Waals surface area contributed by atoms with Gasteiger partial charge in [0.15, 0.2) is 0 Å². The van der Waals surface area contributed by atoms with E-state index >= 15 is 0 Å². The van der Waals surface area contributed by atoms with E-state index in [1.165, 1.54) is 18.2 Å². The second kappa shape index (κ2) is 7.52. The molecule has 0 spiro atoms. The molecule has 0 aliphatic rings. The number of sulfonamides is 1. The lowest BCUT2D eigenvalue weighted by Gasteiger charge is -2.17. The summed E-state index contributed by atoms with van der Waals surface area (Å²) in [5, 5.41) is 5.42. The van der Waals surface area contributed by atoms with E-state index in [0.29, 0.717) is 16.9 Å². The molecule has 2 aromatic rings. The molecule has 0 aliphatic heterocycles. The number of hydrogen-bond donors (Lipinski definition) is 3. The van der Waals surface area contributed by atoms with Crippen molar-refractivity contribution in [3.63, 3.8) is 0 Å². The van der Waals surface area contributed by atoms with E-state index in [1.54, 1.807) is 38.1 Å². The molecular formula is C17H20FN3O3S. The number of rotatable bonds is 5. The lowest BCUT2D eigenvalue weighted by molar-refractivity contribution is 0.249. The normalized spacial score (nSPS) is 12.3. The van der Waals surface area contributed by atoms with Crippen molar-refractivity contribution in [1.29, 1.82) is 0 Å². The van der Waals surface area contributed by atoms with Crippen LogP contribution >= 0.6 is 0 Å². The fourth-order valence-corrected chi connectivity index (χ4v) is 2.85. The number of hydrogen-bond acceptors (Lipinski definition) is 3. The second-order valence-corrected chi connectivity index (χ2v) is 7.53. The van der Waals surface area contributed by atoms with Crippen LogP contribution in [0.15, 0.2) is 42.5 Å². The predicted octanol–water partition coefficient (Wildman–Crippen LogP) is 3.39. The van der Waals surface area contributed by atoms with Gasteiger partial charge in [-0.3, -0.25) is 4.72 Å². The molecule has 3 N–H and O–H groups in total. The van der Waals surface area contributed by atoms with Gasteiger partial charge in [0.05, 0.1) is 12.3 Å². The Bertz CT molecular complexity index is 884. The first kappa shape index (κ1) is 18.7. The van der Waals surface area contributed by atoms with Gasteiger partial charge in [0.2, 0.25) is 10.0 Å². The third-order valence-corrected chi connectivity index (χ3v) is 4.08. The maximum absolute atomic E-state index is 13.1. The lowest BCUT2D eigenvalue weighted by atomic mass is 10.1. The Kier molecular flexibility index (Phi) is 5.63. The highest BCUT2D eigenvalue weighted by Crippen LogP contribution is 2.19. The van der Waals surface area contributed by atoms with Gasteiger partial charge in [-0.05, 0) is 55.3 Å². The molecule has 134 valence electrons. The number of amides is 2. The Labute approximate surface area is 146 Å². The van der Waals surface area contributed by atoms with Crippen LogP contribution in [-0.4, -0.2) is 20.7 Å². The van der Waals surface area contributed by atoms with E-state index in [0.717, 1.165) is 11.8 Å². The van der Waals surface area contributed by atoms with Crippen LogP contribution in [0.3, 0.4) is 0 Å². The van der Waals surface area contributed by atoms with Crippen molar-refractivity contribution >= 4 is 27.4 Å². The van der Waals surface area contributed by atoms with Gasteiger partial charge >= 0.3 is 6.03 Å². The van der Waals surface area contributed by atoms with E-state index in [9.17, 15) is 17.6 Å². The number of carbonyl (C=O) groups is 1. The number of carbonyl (C=O) groups excluding carboxylic acids is 1. The van der Waals surface area contributed by atoms with Crippen molar-refractivity contribution in [2.24, 2.45) is 0 Å². The minimum atomic E-state index is -3.37. The smallest absolute Gasteiger partial charge is 0.319 e. The summed E-state index contributed by atoms with van der Waals surface area (Å²) in [6, 6.07) is 10.0. The zero-order valence-corrected chi connectivity index (χ0v) is 14.9. The van der Waals surface area contributed by atoms with Crippen LogP contribution in [0.25, 0.3) is 0 Å². The largest absolute Gasteiger partial charge is 0.331 e. The Morgan fingerprint density at radius 1 is 1.16 bits per heavy atom. The zero-order valence-electron chi connectivity index (χ0n) is 14.1. The summed E-state index contributed by atoms with van der Waals surface area (Å²) in [5.74, 6) is -0.369. The van der Waals surface area contributed by atoms with Crippen molar-refractivity contribution in [2.75, 3.05) is 16.3 Å². The monoisotopic (exact) mass is 365 g/mol. The molecule has 0 radical (unpaired) electrons. The van der Waals surface area contributed by atoms with Gasteiger partial charge < -0.3 is 10.6 Å². The molecule has 0 aromatic heterocycles. The van der Waals surface area contributed by atoms with Crippen molar-refractivity contribution in [2.45, 2.75) is 19.9 Å². The van der Waals surface area contributed by atoms with Gasteiger partial charge in [-0.25, -0.2) is 17.6 Å². The number of urea groups is 1. The summed E-state index contributed by atoms with van der Waals surface area (Å²) in [7, 11) is -3.37. The maximum atomic E-state index is 13.1. The highest BCUT2D eigenvalue weighted by molar-refractivity contribution is 7.92. The Balaban J connectivity index is 2.04. The maximum Gasteiger partial charge on any atom is 0.319 e. The first-order chi connectivity index (χ1) is 11.6. The fourth-order valence-electron chi connectivity index (χ4n) is 2.29. The topological polar surface area (TPSA) is 87.3 Å². The molecule has 0 saturated carbocycles. The molecular weight excluding hydrogens is 345 g/mol. The van der Waals surface area contributed by atoms with Gasteiger partial charge in [-0.2, -0.15) is 0 Å². The second-order valence-electron chi connectivity index (χ2n) is 5.78. The number of halogens is 1.